The van der Waals surface area contributed by atoms with Gasteiger partial charge in [-0.1, -0.05) is 32.9 Å². The molecule has 1 aliphatic rings. The number of fused-ring (bicyclic) bond motifs is 1. The van der Waals surface area contributed by atoms with Crippen molar-refractivity contribution in [3.63, 3.8) is 0 Å². The predicted octanol–water partition coefficient (Wildman–Crippen LogP) is 4.02. The van der Waals surface area contributed by atoms with E-state index >= 15 is 0 Å². The Labute approximate surface area is 125 Å². The largest absolute Gasteiger partial charge is 0.370 e. The Kier molecular flexibility index (Phi) is 3.47. The fourth-order valence-electron chi connectivity index (χ4n) is 2.93. The number of nitrogens with one attached hydrogen (secondary N) is 1. The zero-order chi connectivity index (χ0) is 15.0. The van der Waals surface area contributed by atoms with Crippen molar-refractivity contribution >= 4 is 5.82 Å². The van der Waals surface area contributed by atoms with Gasteiger partial charge in [-0.3, -0.25) is 0 Å². The molecule has 1 unspecified atom stereocenters. The van der Waals surface area contributed by atoms with Gasteiger partial charge in [0.05, 0.1) is 11.7 Å². The van der Waals surface area contributed by atoms with E-state index in [1.165, 1.54) is 6.07 Å². The Morgan fingerprint density at radius 1 is 1.33 bits per heavy atom. The molecule has 21 heavy (non-hydrogen) atoms. The fourth-order valence-corrected chi connectivity index (χ4v) is 2.93. The fraction of sp³-hybridized carbons (Fsp3) is 0.471. The molecule has 1 atom stereocenters. The molecule has 3 nitrogen and oxygen atoms in total. The molecule has 1 aliphatic heterocycles. The first-order valence-corrected chi connectivity index (χ1v) is 7.50. The molecule has 112 valence electrons. The van der Waals surface area contributed by atoms with Crippen molar-refractivity contribution in [1.29, 1.82) is 0 Å². The molecular formula is C17H22FN3. The molecule has 0 saturated carbocycles. The Morgan fingerprint density at radius 2 is 2.14 bits per heavy atom. The Morgan fingerprint density at radius 3 is 2.86 bits per heavy atom. The number of benzene rings is 1. The smallest absolute Gasteiger partial charge is 0.125 e. The second-order valence-electron chi connectivity index (χ2n) is 6.99. The summed E-state index contributed by atoms with van der Waals surface area (Å²) in [4.78, 5) is 0. The topological polar surface area (TPSA) is 29.9 Å². The maximum atomic E-state index is 13.5. The molecule has 4 heteroatoms. The van der Waals surface area contributed by atoms with Crippen LogP contribution in [0.5, 0.6) is 0 Å². The monoisotopic (exact) mass is 287 g/mol. The maximum absolute atomic E-state index is 13.5. The summed E-state index contributed by atoms with van der Waals surface area (Å²) in [6, 6.07) is 9.09. The summed E-state index contributed by atoms with van der Waals surface area (Å²) in [5.41, 5.74) is 2.29. The van der Waals surface area contributed by atoms with Crippen molar-refractivity contribution in [2.24, 2.45) is 5.41 Å². The first-order chi connectivity index (χ1) is 9.92. The third kappa shape index (κ3) is 3.09. The summed E-state index contributed by atoms with van der Waals surface area (Å²) in [5.74, 6) is 0.851. The molecule has 1 aromatic heterocycles. The van der Waals surface area contributed by atoms with E-state index in [0.717, 1.165) is 36.5 Å². The predicted molar refractivity (Wildman–Crippen MR) is 83.0 cm³/mol. The number of halogens is 1. The van der Waals surface area contributed by atoms with Crippen LogP contribution >= 0.6 is 0 Å². The van der Waals surface area contributed by atoms with E-state index in [9.17, 15) is 4.39 Å². The van der Waals surface area contributed by atoms with Gasteiger partial charge in [0.2, 0.25) is 0 Å². The van der Waals surface area contributed by atoms with Crippen LogP contribution in [0.4, 0.5) is 10.2 Å². The first kappa shape index (κ1) is 14.1. The van der Waals surface area contributed by atoms with Crippen LogP contribution in [0, 0.1) is 11.2 Å². The number of hydrogen-bond acceptors (Lipinski definition) is 2. The number of rotatable bonds is 2. The third-order valence-corrected chi connectivity index (χ3v) is 3.75. The first-order valence-electron chi connectivity index (χ1n) is 7.50. The van der Waals surface area contributed by atoms with E-state index in [0.29, 0.717) is 0 Å². The van der Waals surface area contributed by atoms with Crippen LogP contribution < -0.4 is 5.32 Å². The molecule has 2 aromatic rings. The molecule has 0 spiro atoms. The molecule has 0 fully saturated rings. The molecule has 1 aromatic carbocycles. The lowest BCUT2D eigenvalue weighted by Crippen LogP contribution is -2.24. The summed E-state index contributed by atoms with van der Waals surface area (Å²) >= 11 is 0. The molecule has 1 N–H and O–H groups in total. The highest BCUT2D eigenvalue weighted by Gasteiger charge is 2.24. The van der Waals surface area contributed by atoms with Crippen LogP contribution in [0.15, 0.2) is 30.3 Å². The van der Waals surface area contributed by atoms with Crippen LogP contribution in [-0.4, -0.2) is 16.3 Å². The lowest BCUT2D eigenvalue weighted by molar-refractivity contribution is 0.399. The molecule has 2 heterocycles. The minimum Gasteiger partial charge on any atom is -0.370 e. The zero-order valence-electron chi connectivity index (χ0n) is 12.9. The second-order valence-corrected chi connectivity index (χ2v) is 6.99. The van der Waals surface area contributed by atoms with Crippen molar-refractivity contribution in [2.45, 2.75) is 39.7 Å². The SMILES string of the molecule is CC(C)(C)Cc1cc2n(n1)C(c1cccc(F)c1)CCN2. The number of aromatic nitrogens is 2. The molecule has 3 rings (SSSR count). The number of anilines is 1. The van der Waals surface area contributed by atoms with Crippen LogP contribution in [-0.2, 0) is 6.42 Å². The van der Waals surface area contributed by atoms with Crippen LogP contribution in [0.1, 0.15) is 44.5 Å². The summed E-state index contributed by atoms with van der Waals surface area (Å²) in [6.45, 7) is 7.52. The summed E-state index contributed by atoms with van der Waals surface area (Å²) in [5, 5.41) is 8.15. The Balaban J connectivity index is 1.94. The summed E-state index contributed by atoms with van der Waals surface area (Å²) in [7, 11) is 0. The van der Waals surface area contributed by atoms with Gasteiger partial charge < -0.3 is 5.32 Å². The van der Waals surface area contributed by atoms with Gasteiger partial charge in [-0.25, -0.2) is 9.07 Å². The van der Waals surface area contributed by atoms with E-state index in [2.05, 4.69) is 32.2 Å². The lowest BCUT2D eigenvalue weighted by Gasteiger charge is -2.26. The minimum absolute atomic E-state index is 0.116. The second kappa shape index (κ2) is 5.17. The van der Waals surface area contributed by atoms with E-state index in [1.807, 2.05) is 10.7 Å². The van der Waals surface area contributed by atoms with Crippen molar-refractivity contribution in [3.05, 3.63) is 47.4 Å². The van der Waals surface area contributed by atoms with Gasteiger partial charge in [0.15, 0.2) is 0 Å². The molecule has 0 saturated heterocycles. The third-order valence-electron chi connectivity index (χ3n) is 3.75. The van der Waals surface area contributed by atoms with Crippen molar-refractivity contribution < 1.29 is 4.39 Å². The quantitative estimate of drug-likeness (QED) is 0.904. The van der Waals surface area contributed by atoms with Crippen LogP contribution in [0.2, 0.25) is 0 Å². The highest BCUT2D eigenvalue weighted by atomic mass is 19.1. The highest BCUT2D eigenvalue weighted by molar-refractivity contribution is 5.41. The van der Waals surface area contributed by atoms with Gasteiger partial charge in [-0.2, -0.15) is 5.10 Å². The van der Waals surface area contributed by atoms with Gasteiger partial charge in [0, 0.05) is 12.6 Å². The van der Waals surface area contributed by atoms with Gasteiger partial charge >= 0.3 is 0 Å². The zero-order valence-corrected chi connectivity index (χ0v) is 12.9. The average molecular weight is 287 g/mol. The summed E-state index contributed by atoms with van der Waals surface area (Å²) < 4.78 is 15.5. The van der Waals surface area contributed by atoms with Gasteiger partial charge in [0.25, 0.3) is 0 Å². The van der Waals surface area contributed by atoms with E-state index < -0.39 is 0 Å². The van der Waals surface area contributed by atoms with Gasteiger partial charge in [-0.05, 0) is 36.0 Å². The lowest BCUT2D eigenvalue weighted by atomic mass is 9.91. The van der Waals surface area contributed by atoms with Crippen molar-refractivity contribution in [2.75, 3.05) is 11.9 Å². The number of hydrogen-bond donors (Lipinski definition) is 1. The van der Waals surface area contributed by atoms with E-state index in [4.69, 9.17) is 5.10 Å². The molecule has 0 radical (unpaired) electrons. The molecular weight excluding hydrogens is 265 g/mol. The van der Waals surface area contributed by atoms with E-state index in [1.54, 1.807) is 12.1 Å². The summed E-state index contributed by atoms with van der Waals surface area (Å²) in [6.07, 6.45) is 1.86. The van der Waals surface area contributed by atoms with E-state index in [-0.39, 0.29) is 17.3 Å². The maximum Gasteiger partial charge on any atom is 0.125 e. The van der Waals surface area contributed by atoms with Gasteiger partial charge in [-0.15, -0.1) is 0 Å². The molecule has 0 amide bonds. The van der Waals surface area contributed by atoms with Crippen LogP contribution in [0.25, 0.3) is 0 Å². The normalized spacial score (nSPS) is 18.2. The minimum atomic E-state index is -0.186. The van der Waals surface area contributed by atoms with Crippen molar-refractivity contribution in [1.82, 2.24) is 9.78 Å². The molecule has 0 bridgehead atoms. The number of nitrogens with zero attached hydrogens (tertiary/aromatic N) is 2. The standard InChI is InChI=1S/C17H22FN3/c1-17(2,3)11-14-10-16-19-8-7-15(21(16)20-14)12-5-4-6-13(18)9-12/h4-6,9-10,15,19H,7-8,11H2,1-3H3. The molecule has 0 aliphatic carbocycles. The highest BCUT2D eigenvalue weighted by Crippen LogP contribution is 2.31. The van der Waals surface area contributed by atoms with Gasteiger partial charge in [0.1, 0.15) is 11.6 Å². The Bertz CT molecular complexity index is 640. The Hall–Kier alpha value is -1.84. The van der Waals surface area contributed by atoms with Crippen LogP contribution in [0.3, 0.4) is 0 Å². The average Bonchev–Trinajstić information content (AvgIpc) is 2.78. The van der Waals surface area contributed by atoms with Crippen molar-refractivity contribution in [3.8, 4) is 0 Å².